The molecule has 0 spiro atoms. The van der Waals surface area contributed by atoms with E-state index < -0.39 is 5.97 Å². The summed E-state index contributed by atoms with van der Waals surface area (Å²) in [6.07, 6.45) is 2.14. The van der Waals surface area contributed by atoms with Gasteiger partial charge in [-0.15, -0.1) is 0 Å². The van der Waals surface area contributed by atoms with Gasteiger partial charge in [0.25, 0.3) is 5.91 Å². The summed E-state index contributed by atoms with van der Waals surface area (Å²) in [4.78, 5) is 24.9. The number of amides is 1. The molecule has 0 saturated carbocycles. The number of likely N-dealkylation sites (tertiary alicyclic amines) is 1. The van der Waals surface area contributed by atoms with Crippen LogP contribution in [-0.2, 0) is 14.3 Å². The van der Waals surface area contributed by atoms with Crippen LogP contribution in [0.25, 0.3) is 0 Å². The molecule has 1 amide bonds. The second-order valence-corrected chi connectivity index (χ2v) is 4.92. The number of rotatable bonds is 6. The summed E-state index contributed by atoms with van der Waals surface area (Å²) in [5.41, 5.74) is 6.22. The minimum atomic E-state index is -0.438. The SMILES string of the molecule is Nc1cccc(OCCC(=O)OCC(=O)N2CCCC2)c1. The van der Waals surface area contributed by atoms with Crippen molar-refractivity contribution in [3.8, 4) is 5.75 Å². The third-order valence-corrected chi connectivity index (χ3v) is 3.25. The van der Waals surface area contributed by atoms with Crippen LogP contribution in [0.5, 0.6) is 5.75 Å². The molecule has 1 aliphatic rings. The van der Waals surface area contributed by atoms with E-state index in [1.807, 2.05) is 0 Å². The Labute approximate surface area is 123 Å². The third kappa shape index (κ3) is 4.98. The molecule has 0 aliphatic carbocycles. The van der Waals surface area contributed by atoms with Crippen molar-refractivity contribution in [2.75, 3.05) is 32.0 Å². The van der Waals surface area contributed by atoms with Crippen molar-refractivity contribution in [3.05, 3.63) is 24.3 Å². The number of benzene rings is 1. The first-order chi connectivity index (χ1) is 10.1. The molecule has 1 aliphatic heterocycles. The van der Waals surface area contributed by atoms with Gasteiger partial charge < -0.3 is 20.1 Å². The van der Waals surface area contributed by atoms with Crippen LogP contribution in [0, 0.1) is 0 Å². The average molecular weight is 292 g/mol. The topological polar surface area (TPSA) is 81.9 Å². The van der Waals surface area contributed by atoms with Gasteiger partial charge in [-0.25, -0.2) is 0 Å². The van der Waals surface area contributed by atoms with Gasteiger partial charge in [0, 0.05) is 24.8 Å². The lowest BCUT2D eigenvalue weighted by Gasteiger charge is -2.14. The molecule has 0 aromatic heterocycles. The summed E-state index contributed by atoms with van der Waals surface area (Å²) in [6.45, 7) is 1.53. The normalized spacial score (nSPS) is 14.0. The average Bonchev–Trinajstić information content (AvgIpc) is 2.99. The molecule has 114 valence electrons. The molecule has 0 bridgehead atoms. The van der Waals surface area contributed by atoms with Gasteiger partial charge in [0.15, 0.2) is 6.61 Å². The van der Waals surface area contributed by atoms with Gasteiger partial charge in [-0.2, -0.15) is 0 Å². The molecule has 1 fully saturated rings. The quantitative estimate of drug-likeness (QED) is 0.629. The molecular formula is C15H20N2O4. The molecule has 0 radical (unpaired) electrons. The van der Waals surface area contributed by atoms with Crippen molar-refractivity contribution in [3.63, 3.8) is 0 Å². The molecule has 1 heterocycles. The molecule has 1 aromatic rings. The Bertz CT molecular complexity index is 498. The van der Waals surface area contributed by atoms with Crippen molar-refractivity contribution in [1.29, 1.82) is 0 Å². The van der Waals surface area contributed by atoms with E-state index in [0.717, 1.165) is 25.9 Å². The minimum absolute atomic E-state index is 0.0993. The monoisotopic (exact) mass is 292 g/mol. The summed E-state index contributed by atoms with van der Waals surface area (Å²) in [5.74, 6) is 0.0417. The molecule has 2 rings (SSSR count). The molecule has 6 nitrogen and oxygen atoms in total. The number of nitrogen functional groups attached to an aromatic ring is 1. The standard InChI is InChI=1S/C15H20N2O4/c16-12-4-3-5-13(10-12)20-9-6-15(19)21-11-14(18)17-7-1-2-8-17/h3-5,10H,1-2,6-9,11,16H2. The number of nitrogens with two attached hydrogens (primary N) is 1. The number of carbonyl (C=O) groups is 2. The Morgan fingerprint density at radius 1 is 1.24 bits per heavy atom. The van der Waals surface area contributed by atoms with E-state index in [9.17, 15) is 9.59 Å². The molecule has 2 N–H and O–H groups in total. The summed E-state index contributed by atoms with van der Waals surface area (Å²) in [6, 6.07) is 6.98. The maximum Gasteiger partial charge on any atom is 0.309 e. The Morgan fingerprint density at radius 3 is 2.71 bits per heavy atom. The Kier molecular flexibility index (Phi) is 5.43. The zero-order valence-electron chi connectivity index (χ0n) is 11.9. The first-order valence-corrected chi connectivity index (χ1v) is 7.07. The molecule has 1 saturated heterocycles. The van der Waals surface area contributed by atoms with Gasteiger partial charge in [-0.1, -0.05) is 6.07 Å². The minimum Gasteiger partial charge on any atom is -0.493 e. The zero-order valence-corrected chi connectivity index (χ0v) is 11.9. The molecule has 6 heteroatoms. The van der Waals surface area contributed by atoms with Gasteiger partial charge in [-0.3, -0.25) is 9.59 Å². The lowest BCUT2D eigenvalue weighted by atomic mass is 10.3. The fourth-order valence-corrected chi connectivity index (χ4v) is 2.13. The number of nitrogens with zero attached hydrogens (tertiary/aromatic N) is 1. The first-order valence-electron chi connectivity index (χ1n) is 7.07. The van der Waals surface area contributed by atoms with Gasteiger partial charge in [0.2, 0.25) is 0 Å². The second kappa shape index (κ2) is 7.52. The van der Waals surface area contributed by atoms with Gasteiger partial charge in [0.1, 0.15) is 5.75 Å². The third-order valence-electron chi connectivity index (χ3n) is 3.25. The lowest BCUT2D eigenvalue weighted by molar-refractivity contribution is -0.152. The number of ether oxygens (including phenoxy) is 2. The number of esters is 1. The van der Waals surface area contributed by atoms with Crippen molar-refractivity contribution < 1.29 is 19.1 Å². The van der Waals surface area contributed by atoms with Crippen LogP contribution in [-0.4, -0.2) is 43.1 Å². The molecule has 0 atom stereocenters. The van der Waals surface area contributed by atoms with Crippen LogP contribution < -0.4 is 10.5 Å². The highest BCUT2D eigenvalue weighted by Crippen LogP contribution is 2.14. The highest BCUT2D eigenvalue weighted by molar-refractivity contribution is 5.80. The Morgan fingerprint density at radius 2 is 2.00 bits per heavy atom. The summed E-state index contributed by atoms with van der Waals surface area (Å²) in [5, 5.41) is 0. The van der Waals surface area contributed by atoms with Gasteiger partial charge in [0.05, 0.1) is 13.0 Å². The fourth-order valence-electron chi connectivity index (χ4n) is 2.13. The molecule has 1 aromatic carbocycles. The van der Waals surface area contributed by atoms with Crippen LogP contribution in [0.2, 0.25) is 0 Å². The Balaban J connectivity index is 1.62. The second-order valence-electron chi connectivity index (χ2n) is 4.92. The van der Waals surface area contributed by atoms with Crippen LogP contribution in [0.3, 0.4) is 0 Å². The lowest BCUT2D eigenvalue weighted by Crippen LogP contribution is -2.32. The molecule has 0 unspecified atom stereocenters. The Hall–Kier alpha value is -2.24. The summed E-state index contributed by atoms with van der Waals surface area (Å²) >= 11 is 0. The van der Waals surface area contributed by atoms with E-state index in [0.29, 0.717) is 11.4 Å². The van der Waals surface area contributed by atoms with Gasteiger partial charge >= 0.3 is 5.97 Å². The predicted molar refractivity (Wildman–Crippen MR) is 77.7 cm³/mol. The smallest absolute Gasteiger partial charge is 0.309 e. The van der Waals surface area contributed by atoms with Crippen molar-refractivity contribution in [2.24, 2.45) is 0 Å². The number of hydrogen-bond acceptors (Lipinski definition) is 5. The van der Waals surface area contributed by atoms with Crippen LogP contribution >= 0.6 is 0 Å². The van der Waals surface area contributed by atoms with Crippen LogP contribution in [0.15, 0.2) is 24.3 Å². The van der Waals surface area contributed by atoms with E-state index in [-0.39, 0.29) is 25.5 Å². The largest absolute Gasteiger partial charge is 0.493 e. The van der Waals surface area contributed by atoms with E-state index in [1.54, 1.807) is 29.2 Å². The maximum atomic E-state index is 11.7. The number of hydrogen-bond donors (Lipinski definition) is 1. The molecular weight excluding hydrogens is 272 g/mol. The van der Waals surface area contributed by atoms with E-state index in [2.05, 4.69) is 0 Å². The van der Waals surface area contributed by atoms with E-state index in [1.165, 1.54) is 0 Å². The zero-order chi connectivity index (χ0) is 15.1. The number of anilines is 1. The maximum absolute atomic E-state index is 11.7. The van der Waals surface area contributed by atoms with Gasteiger partial charge in [-0.05, 0) is 25.0 Å². The van der Waals surface area contributed by atoms with Crippen LogP contribution in [0.1, 0.15) is 19.3 Å². The predicted octanol–water partition coefficient (Wildman–Crippen LogP) is 1.20. The van der Waals surface area contributed by atoms with Crippen LogP contribution in [0.4, 0.5) is 5.69 Å². The van der Waals surface area contributed by atoms with E-state index >= 15 is 0 Å². The van der Waals surface area contributed by atoms with Crippen molar-refractivity contribution in [2.45, 2.75) is 19.3 Å². The summed E-state index contributed by atoms with van der Waals surface area (Å²) < 4.78 is 10.3. The highest BCUT2D eigenvalue weighted by Gasteiger charge is 2.19. The van der Waals surface area contributed by atoms with Crippen molar-refractivity contribution >= 4 is 17.6 Å². The highest BCUT2D eigenvalue weighted by atomic mass is 16.5. The number of carbonyl (C=O) groups excluding carboxylic acids is 2. The fraction of sp³-hybridized carbons (Fsp3) is 0.467. The first kappa shape index (κ1) is 15.2. The molecule has 21 heavy (non-hydrogen) atoms. The van der Waals surface area contributed by atoms with Crippen molar-refractivity contribution in [1.82, 2.24) is 4.90 Å². The summed E-state index contributed by atoms with van der Waals surface area (Å²) in [7, 11) is 0. The van der Waals surface area contributed by atoms with E-state index in [4.69, 9.17) is 15.2 Å².